The Kier molecular flexibility index (Phi) is 6.52. The van der Waals surface area contributed by atoms with E-state index in [0.29, 0.717) is 30.3 Å². The molecule has 0 radical (unpaired) electrons. The zero-order valence-electron chi connectivity index (χ0n) is 12.4. The molecule has 0 aromatic heterocycles. The molecule has 0 saturated heterocycles. The SMILES string of the molecule is O=C(CCc1cccc(Cl)c1)NC[C@H](O)C1CCCCC1. The van der Waals surface area contributed by atoms with Crippen molar-refractivity contribution in [1.29, 1.82) is 0 Å². The highest BCUT2D eigenvalue weighted by Gasteiger charge is 2.21. The van der Waals surface area contributed by atoms with Crippen LogP contribution in [0, 0.1) is 5.92 Å². The molecule has 1 aliphatic carbocycles. The Morgan fingerprint density at radius 3 is 2.81 bits per heavy atom. The van der Waals surface area contributed by atoms with Crippen LogP contribution in [-0.2, 0) is 11.2 Å². The van der Waals surface area contributed by atoms with Crippen LogP contribution < -0.4 is 5.32 Å². The van der Waals surface area contributed by atoms with Crippen molar-refractivity contribution < 1.29 is 9.90 Å². The summed E-state index contributed by atoms with van der Waals surface area (Å²) in [6.45, 7) is 0.374. The molecule has 116 valence electrons. The summed E-state index contributed by atoms with van der Waals surface area (Å²) in [5.74, 6) is 0.344. The van der Waals surface area contributed by atoms with Crippen LogP contribution >= 0.6 is 11.6 Å². The molecule has 2 N–H and O–H groups in total. The van der Waals surface area contributed by atoms with E-state index < -0.39 is 6.10 Å². The Hall–Kier alpha value is -1.06. The maximum absolute atomic E-state index is 11.8. The molecule has 1 amide bonds. The van der Waals surface area contributed by atoms with Crippen LogP contribution in [0.5, 0.6) is 0 Å². The molecule has 1 aromatic carbocycles. The van der Waals surface area contributed by atoms with Gasteiger partial charge in [-0.2, -0.15) is 0 Å². The largest absolute Gasteiger partial charge is 0.391 e. The summed E-state index contributed by atoms with van der Waals surface area (Å²) in [5, 5.41) is 13.6. The summed E-state index contributed by atoms with van der Waals surface area (Å²) in [4.78, 5) is 11.8. The second-order valence-electron chi connectivity index (χ2n) is 5.90. The van der Waals surface area contributed by atoms with Crippen LogP contribution in [0.15, 0.2) is 24.3 Å². The van der Waals surface area contributed by atoms with Crippen molar-refractivity contribution in [2.24, 2.45) is 5.92 Å². The average Bonchev–Trinajstić information content (AvgIpc) is 2.51. The lowest BCUT2D eigenvalue weighted by molar-refractivity contribution is -0.121. The molecular weight excluding hydrogens is 286 g/mol. The van der Waals surface area contributed by atoms with Crippen molar-refractivity contribution >= 4 is 17.5 Å². The first kappa shape index (κ1) is 16.3. The number of carbonyl (C=O) groups excluding carboxylic acids is 1. The third-order valence-electron chi connectivity index (χ3n) is 4.23. The maximum Gasteiger partial charge on any atom is 0.220 e. The first-order chi connectivity index (χ1) is 10.1. The molecular formula is C17H24ClNO2. The number of rotatable bonds is 6. The third kappa shape index (κ3) is 5.68. The highest BCUT2D eigenvalue weighted by atomic mass is 35.5. The van der Waals surface area contributed by atoms with Crippen molar-refractivity contribution in [3.8, 4) is 0 Å². The fourth-order valence-corrected chi connectivity index (χ4v) is 3.16. The first-order valence-electron chi connectivity index (χ1n) is 7.84. The van der Waals surface area contributed by atoms with Crippen molar-refractivity contribution in [3.63, 3.8) is 0 Å². The van der Waals surface area contributed by atoms with Gasteiger partial charge >= 0.3 is 0 Å². The zero-order valence-corrected chi connectivity index (χ0v) is 13.1. The van der Waals surface area contributed by atoms with Crippen molar-refractivity contribution in [2.75, 3.05) is 6.54 Å². The summed E-state index contributed by atoms with van der Waals surface area (Å²) >= 11 is 5.92. The van der Waals surface area contributed by atoms with E-state index >= 15 is 0 Å². The van der Waals surface area contributed by atoms with E-state index in [1.807, 2.05) is 24.3 Å². The summed E-state index contributed by atoms with van der Waals surface area (Å²) < 4.78 is 0. The minimum Gasteiger partial charge on any atom is -0.391 e. The van der Waals surface area contributed by atoms with E-state index in [0.717, 1.165) is 18.4 Å². The molecule has 0 aliphatic heterocycles. The van der Waals surface area contributed by atoms with E-state index in [4.69, 9.17) is 11.6 Å². The smallest absolute Gasteiger partial charge is 0.220 e. The minimum absolute atomic E-state index is 0.00941. The monoisotopic (exact) mass is 309 g/mol. The van der Waals surface area contributed by atoms with Gasteiger partial charge in [-0.05, 0) is 42.9 Å². The third-order valence-corrected chi connectivity index (χ3v) is 4.47. The Balaban J connectivity index is 1.67. The van der Waals surface area contributed by atoms with Crippen LogP contribution in [0.25, 0.3) is 0 Å². The molecule has 1 fully saturated rings. The molecule has 0 heterocycles. The number of hydrogen-bond acceptors (Lipinski definition) is 2. The van der Waals surface area contributed by atoms with Gasteiger partial charge in [-0.25, -0.2) is 0 Å². The van der Waals surface area contributed by atoms with Crippen molar-refractivity contribution in [3.05, 3.63) is 34.9 Å². The van der Waals surface area contributed by atoms with Gasteiger partial charge in [0.05, 0.1) is 6.10 Å². The lowest BCUT2D eigenvalue weighted by Gasteiger charge is -2.26. The molecule has 1 aliphatic rings. The molecule has 0 spiro atoms. The second kappa shape index (κ2) is 8.40. The molecule has 21 heavy (non-hydrogen) atoms. The van der Waals surface area contributed by atoms with Gasteiger partial charge in [-0.15, -0.1) is 0 Å². The lowest BCUT2D eigenvalue weighted by atomic mass is 9.85. The van der Waals surface area contributed by atoms with E-state index in [2.05, 4.69) is 5.32 Å². The van der Waals surface area contributed by atoms with Gasteiger partial charge < -0.3 is 10.4 Å². The summed E-state index contributed by atoms with van der Waals surface area (Å²) in [5.41, 5.74) is 1.06. The summed E-state index contributed by atoms with van der Waals surface area (Å²) in [6, 6.07) is 7.57. The average molecular weight is 310 g/mol. The number of amides is 1. The highest BCUT2D eigenvalue weighted by molar-refractivity contribution is 6.30. The number of carbonyl (C=O) groups is 1. The molecule has 4 heteroatoms. The molecule has 3 nitrogen and oxygen atoms in total. The molecule has 1 aromatic rings. The predicted octanol–water partition coefficient (Wildman–Crippen LogP) is 3.33. The Bertz CT molecular complexity index is 458. The molecule has 1 atom stereocenters. The number of halogens is 1. The second-order valence-corrected chi connectivity index (χ2v) is 6.34. The molecule has 1 saturated carbocycles. The van der Waals surface area contributed by atoms with Crippen LogP contribution in [0.2, 0.25) is 5.02 Å². The summed E-state index contributed by atoms with van der Waals surface area (Å²) in [7, 11) is 0. The maximum atomic E-state index is 11.8. The Labute approximate surface area is 131 Å². The molecule has 2 rings (SSSR count). The Morgan fingerprint density at radius 2 is 2.10 bits per heavy atom. The van der Waals surface area contributed by atoms with Crippen LogP contribution in [0.4, 0.5) is 0 Å². The molecule has 0 bridgehead atoms. The van der Waals surface area contributed by atoms with E-state index in [1.165, 1.54) is 19.3 Å². The highest BCUT2D eigenvalue weighted by Crippen LogP contribution is 2.26. The number of aliphatic hydroxyl groups excluding tert-OH is 1. The van der Waals surface area contributed by atoms with Crippen molar-refractivity contribution in [1.82, 2.24) is 5.32 Å². The number of benzene rings is 1. The lowest BCUT2D eigenvalue weighted by Crippen LogP contribution is -2.37. The number of aliphatic hydroxyl groups is 1. The summed E-state index contributed by atoms with van der Waals surface area (Å²) in [6.07, 6.45) is 6.53. The van der Waals surface area contributed by atoms with E-state index in [1.54, 1.807) is 0 Å². The van der Waals surface area contributed by atoms with Gasteiger partial charge in [-0.1, -0.05) is 43.0 Å². The van der Waals surface area contributed by atoms with Gasteiger partial charge in [0.2, 0.25) is 5.91 Å². The number of hydrogen-bond donors (Lipinski definition) is 2. The zero-order chi connectivity index (χ0) is 15.1. The number of aryl methyl sites for hydroxylation is 1. The fraction of sp³-hybridized carbons (Fsp3) is 0.588. The van der Waals surface area contributed by atoms with Crippen LogP contribution in [-0.4, -0.2) is 23.7 Å². The van der Waals surface area contributed by atoms with Gasteiger partial charge in [0.1, 0.15) is 0 Å². The standard InChI is InChI=1S/C17H24ClNO2/c18-15-8-4-5-13(11-15)9-10-17(21)19-12-16(20)14-6-2-1-3-7-14/h4-5,8,11,14,16,20H,1-3,6-7,9-10,12H2,(H,19,21)/t16-/m0/s1. The van der Waals surface area contributed by atoms with Crippen LogP contribution in [0.3, 0.4) is 0 Å². The normalized spacial score (nSPS) is 17.4. The van der Waals surface area contributed by atoms with E-state index in [9.17, 15) is 9.90 Å². The van der Waals surface area contributed by atoms with Crippen LogP contribution in [0.1, 0.15) is 44.1 Å². The van der Waals surface area contributed by atoms with Crippen molar-refractivity contribution in [2.45, 2.75) is 51.0 Å². The van der Waals surface area contributed by atoms with Gasteiger partial charge in [0.15, 0.2) is 0 Å². The fourth-order valence-electron chi connectivity index (χ4n) is 2.94. The Morgan fingerprint density at radius 1 is 1.33 bits per heavy atom. The molecule has 0 unspecified atom stereocenters. The number of nitrogens with one attached hydrogen (secondary N) is 1. The minimum atomic E-state index is -0.402. The van der Waals surface area contributed by atoms with Gasteiger partial charge in [0.25, 0.3) is 0 Å². The first-order valence-corrected chi connectivity index (χ1v) is 8.22. The van der Waals surface area contributed by atoms with E-state index in [-0.39, 0.29) is 5.91 Å². The van der Waals surface area contributed by atoms with Gasteiger partial charge in [0, 0.05) is 18.0 Å². The predicted molar refractivity (Wildman–Crippen MR) is 85.4 cm³/mol. The topological polar surface area (TPSA) is 49.3 Å². The quantitative estimate of drug-likeness (QED) is 0.847. The van der Waals surface area contributed by atoms with Gasteiger partial charge in [-0.3, -0.25) is 4.79 Å².